The smallest absolute Gasteiger partial charge is 0.226 e. The summed E-state index contributed by atoms with van der Waals surface area (Å²) in [5, 5.41) is 0. The largest absolute Gasteiger partial charge is 0.380 e. The van der Waals surface area contributed by atoms with Crippen LogP contribution < -0.4 is 0 Å². The quantitative estimate of drug-likeness (QED) is 0.726. The van der Waals surface area contributed by atoms with E-state index >= 15 is 0 Å². The van der Waals surface area contributed by atoms with Gasteiger partial charge in [0.1, 0.15) is 0 Å². The molecule has 1 saturated carbocycles. The van der Waals surface area contributed by atoms with Crippen LogP contribution in [0.15, 0.2) is 12.2 Å². The summed E-state index contributed by atoms with van der Waals surface area (Å²) in [6.07, 6.45) is 13.5. The summed E-state index contributed by atoms with van der Waals surface area (Å²) in [6, 6.07) is 0. The number of piperidine rings is 1. The highest BCUT2D eigenvalue weighted by Crippen LogP contribution is 2.41. The molecule has 0 N–H and O–H groups in total. The monoisotopic (exact) mass is 333 g/mol. The van der Waals surface area contributed by atoms with Crippen molar-refractivity contribution in [1.29, 1.82) is 0 Å². The molecule has 4 aliphatic rings. The third-order valence-corrected chi connectivity index (χ3v) is 6.36. The zero-order valence-corrected chi connectivity index (χ0v) is 14.8. The van der Waals surface area contributed by atoms with Crippen LogP contribution in [0.2, 0.25) is 0 Å². The Morgan fingerprint density at radius 3 is 2.96 bits per heavy atom. The van der Waals surface area contributed by atoms with Crippen molar-refractivity contribution in [2.75, 3.05) is 32.9 Å². The number of hydrogen-bond donors (Lipinski definition) is 0. The van der Waals surface area contributed by atoms with E-state index < -0.39 is 0 Å². The summed E-state index contributed by atoms with van der Waals surface area (Å²) in [6.45, 7) is 4.23. The second-order valence-corrected chi connectivity index (χ2v) is 8.31. The lowest BCUT2D eigenvalue weighted by molar-refractivity contribution is -0.167. The van der Waals surface area contributed by atoms with Crippen molar-refractivity contribution in [3.63, 3.8) is 0 Å². The van der Waals surface area contributed by atoms with Gasteiger partial charge >= 0.3 is 0 Å². The van der Waals surface area contributed by atoms with Crippen LogP contribution in [-0.2, 0) is 14.3 Å². The molecular weight excluding hydrogens is 302 g/mol. The molecule has 4 heteroatoms. The standard InChI is InChI=1S/C20H31NO3/c22-19(17-5-2-1-3-6-17)21-11-9-18-20(14-21,10-4-12-24-18)15-23-13-16-7-8-16/h1-2,16-18H,3-15H2/t17-,18-,20+/m1/s1. The third kappa shape index (κ3) is 3.55. The molecule has 4 rings (SSSR count). The van der Waals surface area contributed by atoms with Gasteiger partial charge in [0.2, 0.25) is 5.91 Å². The predicted octanol–water partition coefficient (Wildman–Crippen LogP) is 3.17. The first-order chi connectivity index (χ1) is 11.8. The maximum absolute atomic E-state index is 13.0. The van der Waals surface area contributed by atoms with Crippen molar-refractivity contribution >= 4 is 5.91 Å². The molecule has 2 heterocycles. The number of hydrogen-bond acceptors (Lipinski definition) is 3. The van der Waals surface area contributed by atoms with Gasteiger partial charge in [-0.1, -0.05) is 12.2 Å². The molecule has 0 aromatic heterocycles. The molecule has 0 unspecified atom stereocenters. The number of carbonyl (C=O) groups excluding carboxylic acids is 1. The molecule has 24 heavy (non-hydrogen) atoms. The first kappa shape index (κ1) is 16.6. The van der Waals surface area contributed by atoms with E-state index in [1.54, 1.807) is 0 Å². The van der Waals surface area contributed by atoms with E-state index in [1.807, 2.05) is 0 Å². The highest BCUT2D eigenvalue weighted by atomic mass is 16.5. The number of amides is 1. The lowest BCUT2D eigenvalue weighted by atomic mass is 9.72. The zero-order valence-electron chi connectivity index (χ0n) is 14.8. The van der Waals surface area contributed by atoms with Crippen molar-refractivity contribution in [1.82, 2.24) is 4.90 Å². The molecule has 2 aliphatic carbocycles. The third-order valence-electron chi connectivity index (χ3n) is 6.36. The van der Waals surface area contributed by atoms with Gasteiger partial charge in [-0.15, -0.1) is 0 Å². The van der Waals surface area contributed by atoms with E-state index in [4.69, 9.17) is 9.47 Å². The van der Waals surface area contributed by atoms with E-state index in [0.29, 0.717) is 5.91 Å². The molecule has 2 aliphatic heterocycles. The van der Waals surface area contributed by atoms with Gasteiger partial charge in [0.25, 0.3) is 0 Å². The maximum atomic E-state index is 13.0. The first-order valence-corrected chi connectivity index (χ1v) is 9.90. The molecule has 1 amide bonds. The number of rotatable bonds is 5. The summed E-state index contributed by atoms with van der Waals surface area (Å²) in [5.41, 5.74) is 0.0333. The molecule has 0 aromatic rings. The molecular formula is C20H31NO3. The van der Waals surface area contributed by atoms with E-state index in [-0.39, 0.29) is 17.4 Å². The Labute approximate surface area is 145 Å². The second-order valence-electron chi connectivity index (χ2n) is 8.31. The van der Waals surface area contributed by atoms with E-state index in [0.717, 1.165) is 77.4 Å². The van der Waals surface area contributed by atoms with Crippen LogP contribution in [0.3, 0.4) is 0 Å². The van der Waals surface area contributed by atoms with Crippen molar-refractivity contribution < 1.29 is 14.3 Å². The predicted molar refractivity (Wildman–Crippen MR) is 92.6 cm³/mol. The van der Waals surface area contributed by atoms with Gasteiger partial charge in [-0.3, -0.25) is 4.79 Å². The van der Waals surface area contributed by atoms with Crippen LogP contribution >= 0.6 is 0 Å². The van der Waals surface area contributed by atoms with Crippen LogP contribution in [-0.4, -0.2) is 49.8 Å². The second kappa shape index (κ2) is 7.17. The molecule has 4 nitrogen and oxygen atoms in total. The fourth-order valence-corrected chi connectivity index (χ4v) is 4.68. The summed E-state index contributed by atoms with van der Waals surface area (Å²) in [5.74, 6) is 1.35. The number of nitrogens with zero attached hydrogens (tertiary/aromatic N) is 1. The van der Waals surface area contributed by atoms with Gasteiger partial charge in [-0.25, -0.2) is 0 Å². The summed E-state index contributed by atoms with van der Waals surface area (Å²) < 4.78 is 12.2. The molecule has 0 spiro atoms. The highest BCUT2D eigenvalue weighted by Gasteiger charge is 2.48. The van der Waals surface area contributed by atoms with Crippen molar-refractivity contribution in [2.24, 2.45) is 17.3 Å². The normalized spacial score (nSPS) is 36.4. The van der Waals surface area contributed by atoms with E-state index in [2.05, 4.69) is 17.1 Å². The van der Waals surface area contributed by atoms with E-state index in [1.165, 1.54) is 12.8 Å². The zero-order chi connectivity index (χ0) is 16.4. The van der Waals surface area contributed by atoms with Crippen LogP contribution in [0.4, 0.5) is 0 Å². The minimum absolute atomic E-state index is 0.0333. The van der Waals surface area contributed by atoms with Crippen molar-refractivity contribution in [3.05, 3.63) is 12.2 Å². The number of fused-ring (bicyclic) bond motifs is 1. The Bertz CT molecular complexity index is 487. The Kier molecular flexibility index (Phi) is 4.95. The average molecular weight is 333 g/mol. The Morgan fingerprint density at radius 1 is 1.25 bits per heavy atom. The van der Waals surface area contributed by atoms with Crippen molar-refractivity contribution in [2.45, 2.75) is 57.5 Å². The molecule has 0 aromatic carbocycles. The van der Waals surface area contributed by atoms with Gasteiger partial charge in [-0.05, 0) is 57.3 Å². The summed E-state index contributed by atoms with van der Waals surface area (Å²) in [7, 11) is 0. The summed E-state index contributed by atoms with van der Waals surface area (Å²) in [4.78, 5) is 15.1. The minimum atomic E-state index is 0.0333. The van der Waals surface area contributed by atoms with Crippen LogP contribution in [0.25, 0.3) is 0 Å². The topological polar surface area (TPSA) is 38.8 Å². The number of allylic oxidation sites excluding steroid dienone is 2. The maximum Gasteiger partial charge on any atom is 0.226 e. The molecule has 2 saturated heterocycles. The number of ether oxygens (including phenoxy) is 2. The molecule has 134 valence electrons. The van der Waals surface area contributed by atoms with Crippen molar-refractivity contribution in [3.8, 4) is 0 Å². The fourth-order valence-electron chi connectivity index (χ4n) is 4.68. The Morgan fingerprint density at radius 2 is 2.17 bits per heavy atom. The Hall–Kier alpha value is -0.870. The average Bonchev–Trinajstić information content (AvgIpc) is 3.45. The molecule has 3 atom stereocenters. The fraction of sp³-hybridized carbons (Fsp3) is 0.850. The van der Waals surface area contributed by atoms with Gasteiger partial charge in [-0.2, -0.15) is 0 Å². The molecule has 0 radical (unpaired) electrons. The van der Waals surface area contributed by atoms with Gasteiger partial charge in [0.05, 0.1) is 12.7 Å². The molecule has 0 bridgehead atoms. The number of carbonyl (C=O) groups is 1. The van der Waals surface area contributed by atoms with E-state index in [9.17, 15) is 4.79 Å². The van der Waals surface area contributed by atoms with Gasteiger partial charge < -0.3 is 14.4 Å². The molecule has 3 fully saturated rings. The van der Waals surface area contributed by atoms with Crippen LogP contribution in [0, 0.1) is 17.3 Å². The number of likely N-dealkylation sites (tertiary alicyclic amines) is 1. The first-order valence-electron chi connectivity index (χ1n) is 9.90. The Balaban J connectivity index is 1.41. The highest BCUT2D eigenvalue weighted by molar-refractivity contribution is 5.79. The van der Waals surface area contributed by atoms with Crippen LogP contribution in [0.1, 0.15) is 51.4 Å². The SMILES string of the molecule is O=C([C@@H]1CC=CCC1)N1CC[C@H]2OCCC[C@@]2(COCC2CC2)C1. The lowest BCUT2D eigenvalue weighted by Crippen LogP contribution is -2.58. The van der Waals surface area contributed by atoms with Crippen LogP contribution in [0.5, 0.6) is 0 Å². The van der Waals surface area contributed by atoms with Gasteiger partial charge in [0.15, 0.2) is 0 Å². The minimum Gasteiger partial charge on any atom is -0.380 e. The van der Waals surface area contributed by atoms with Gasteiger partial charge in [0, 0.05) is 37.6 Å². The lowest BCUT2D eigenvalue weighted by Gasteiger charge is -2.50. The summed E-state index contributed by atoms with van der Waals surface area (Å²) >= 11 is 0.